The fourth-order valence-electron chi connectivity index (χ4n) is 6.79. The molecule has 0 unspecified atom stereocenters. The lowest BCUT2D eigenvalue weighted by atomic mass is 9.68. The highest BCUT2D eigenvalue weighted by Crippen LogP contribution is 2.63. The maximum Gasteiger partial charge on any atom is 0.340 e. The Bertz CT molecular complexity index is 1270. The molecule has 1 amide bonds. The molecule has 3 aliphatic rings. The minimum absolute atomic E-state index is 0.213. The molecule has 5 nitrogen and oxygen atoms in total. The van der Waals surface area contributed by atoms with Crippen LogP contribution in [-0.2, 0) is 4.74 Å². The average molecular weight is 467 g/mol. The Morgan fingerprint density at radius 3 is 2.57 bits per heavy atom. The van der Waals surface area contributed by atoms with Crippen LogP contribution in [0, 0.1) is 17.8 Å². The van der Waals surface area contributed by atoms with Gasteiger partial charge in [0.25, 0.3) is 5.91 Å². The summed E-state index contributed by atoms with van der Waals surface area (Å²) in [5.41, 5.74) is 5.19. The SMILES string of the molecule is CCOC(=O)c1ccccc1NC(=O)c1ccc2c(c1)[C@@H]1[C@H]3CC[C@@H](C3)[C@H]1[C@H](c1ccccc1)N2. The lowest BCUT2D eigenvalue weighted by Gasteiger charge is -2.43. The highest BCUT2D eigenvalue weighted by molar-refractivity contribution is 6.08. The monoisotopic (exact) mass is 466 g/mol. The summed E-state index contributed by atoms with van der Waals surface area (Å²) in [6, 6.07) is 24.1. The Balaban J connectivity index is 1.31. The van der Waals surface area contributed by atoms with Crippen molar-refractivity contribution in [3.8, 4) is 0 Å². The number of nitrogens with one attached hydrogen (secondary N) is 2. The summed E-state index contributed by atoms with van der Waals surface area (Å²) < 4.78 is 5.15. The zero-order chi connectivity index (χ0) is 23.9. The predicted octanol–water partition coefficient (Wildman–Crippen LogP) is 6.41. The Morgan fingerprint density at radius 1 is 0.971 bits per heavy atom. The van der Waals surface area contributed by atoms with Gasteiger partial charge in [-0.3, -0.25) is 4.79 Å². The number of amides is 1. The topological polar surface area (TPSA) is 67.4 Å². The normalized spacial score (nSPS) is 25.8. The number of anilines is 2. The molecule has 3 aromatic carbocycles. The molecule has 3 aromatic rings. The van der Waals surface area contributed by atoms with E-state index in [2.05, 4.69) is 53.1 Å². The van der Waals surface area contributed by atoms with Gasteiger partial charge in [-0.25, -0.2) is 4.79 Å². The maximum absolute atomic E-state index is 13.3. The van der Waals surface area contributed by atoms with Crippen molar-refractivity contribution in [3.05, 3.63) is 95.1 Å². The molecular formula is C30H30N2O3. The van der Waals surface area contributed by atoms with Crippen molar-refractivity contribution in [2.45, 2.75) is 38.1 Å². The van der Waals surface area contributed by atoms with Crippen molar-refractivity contribution in [3.63, 3.8) is 0 Å². The van der Waals surface area contributed by atoms with Crippen LogP contribution in [0.5, 0.6) is 0 Å². The zero-order valence-corrected chi connectivity index (χ0v) is 19.9. The quantitative estimate of drug-likeness (QED) is 0.426. The van der Waals surface area contributed by atoms with Gasteiger partial charge in [0.15, 0.2) is 0 Å². The second-order valence-electron chi connectivity index (χ2n) is 9.99. The van der Waals surface area contributed by atoms with E-state index in [1.54, 1.807) is 31.2 Å². The second kappa shape index (κ2) is 8.88. The van der Waals surface area contributed by atoms with Gasteiger partial charge in [-0.15, -0.1) is 0 Å². The van der Waals surface area contributed by atoms with Crippen molar-refractivity contribution in [2.24, 2.45) is 17.8 Å². The Morgan fingerprint density at radius 2 is 1.74 bits per heavy atom. The zero-order valence-electron chi connectivity index (χ0n) is 19.9. The highest BCUT2D eigenvalue weighted by Gasteiger charge is 2.53. The molecule has 0 saturated heterocycles. The van der Waals surface area contributed by atoms with Crippen LogP contribution in [0.25, 0.3) is 0 Å². The Kier molecular flexibility index (Phi) is 5.56. The van der Waals surface area contributed by atoms with E-state index in [4.69, 9.17) is 4.74 Å². The summed E-state index contributed by atoms with van der Waals surface area (Å²) in [7, 11) is 0. The van der Waals surface area contributed by atoms with E-state index < -0.39 is 5.97 Å². The minimum atomic E-state index is -0.435. The summed E-state index contributed by atoms with van der Waals surface area (Å²) >= 11 is 0. The number of rotatable bonds is 5. The molecule has 178 valence electrons. The number of ether oxygens (including phenoxy) is 1. The molecule has 2 fully saturated rings. The number of carbonyl (C=O) groups excluding carboxylic acids is 2. The van der Waals surface area contributed by atoms with Gasteiger partial charge in [0.2, 0.25) is 0 Å². The van der Waals surface area contributed by atoms with E-state index >= 15 is 0 Å². The predicted molar refractivity (Wildman–Crippen MR) is 137 cm³/mol. The molecule has 5 heteroatoms. The van der Waals surface area contributed by atoms with Crippen LogP contribution in [0.3, 0.4) is 0 Å². The number of para-hydroxylation sites is 1. The van der Waals surface area contributed by atoms with Crippen LogP contribution in [0.1, 0.15) is 70.0 Å². The van der Waals surface area contributed by atoms with Crippen LogP contribution in [0.4, 0.5) is 11.4 Å². The third-order valence-electron chi connectivity index (χ3n) is 8.18. The largest absolute Gasteiger partial charge is 0.462 e. The van der Waals surface area contributed by atoms with Gasteiger partial charge in [-0.05, 0) is 91.3 Å². The van der Waals surface area contributed by atoms with Crippen LogP contribution < -0.4 is 10.6 Å². The van der Waals surface area contributed by atoms with Crippen molar-refractivity contribution < 1.29 is 14.3 Å². The maximum atomic E-state index is 13.3. The summed E-state index contributed by atoms with van der Waals surface area (Å²) in [6.07, 6.45) is 3.86. The van der Waals surface area contributed by atoms with E-state index in [0.29, 0.717) is 40.6 Å². The molecule has 2 saturated carbocycles. The standard InChI is InChI=1S/C30H30N2O3/c1-2-35-30(34)22-10-6-7-11-24(22)32-29(33)21-14-15-25-23(17-21)26-19-12-13-20(16-19)27(26)28(31-25)18-8-4-3-5-9-18/h3-11,14-15,17,19-20,26-28,31H,2,12-13,16H2,1H3,(H,32,33)/t19-,20-,26-,27+,28-/m0/s1. The summed E-state index contributed by atoms with van der Waals surface area (Å²) in [4.78, 5) is 25.6. The Labute approximate surface area is 205 Å². The summed E-state index contributed by atoms with van der Waals surface area (Å²) in [5, 5.41) is 6.77. The second-order valence-corrected chi connectivity index (χ2v) is 9.99. The highest BCUT2D eigenvalue weighted by atomic mass is 16.5. The molecule has 5 atom stereocenters. The van der Waals surface area contributed by atoms with Gasteiger partial charge in [0.05, 0.1) is 23.9 Å². The molecule has 0 spiro atoms. The third-order valence-corrected chi connectivity index (χ3v) is 8.18. The molecule has 1 aliphatic heterocycles. The molecule has 6 rings (SSSR count). The number of hydrogen-bond donors (Lipinski definition) is 2. The van der Waals surface area contributed by atoms with E-state index in [9.17, 15) is 9.59 Å². The molecule has 1 heterocycles. The van der Waals surface area contributed by atoms with Crippen molar-refractivity contribution in [1.29, 1.82) is 0 Å². The van der Waals surface area contributed by atoms with E-state index in [1.807, 2.05) is 6.07 Å². The summed E-state index contributed by atoms with van der Waals surface area (Å²) in [5.74, 6) is 1.77. The van der Waals surface area contributed by atoms with E-state index in [0.717, 1.165) is 11.6 Å². The molecule has 2 bridgehead atoms. The first kappa shape index (κ1) is 21.9. The van der Waals surface area contributed by atoms with Gasteiger partial charge in [0.1, 0.15) is 0 Å². The third kappa shape index (κ3) is 3.79. The molecule has 35 heavy (non-hydrogen) atoms. The fraction of sp³-hybridized carbons (Fsp3) is 0.333. The molecular weight excluding hydrogens is 436 g/mol. The minimum Gasteiger partial charge on any atom is -0.462 e. The number of carbonyl (C=O) groups is 2. The number of hydrogen-bond acceptors (Lipinski definition) is 4. The molecule has 2 aliphatic carbocycles. The smallest absolute Gasteiger partial charge is 0.340 e. The lowest BCUT2D eigenvalue weighted by Crippen LogP contribution is -2.35. The van der Waals surface area contributed by atoms with Gasteiger partial charge in [-0.2, -0.15) is 0 Å². The molecule has 0 radical (unpaired) electrons. The van der Waals surface area contributed by atoms with Gasteiger partial charge in [-0.1, -0.05) is 42.5 Å². The van der Waals surface area contributed by atoms with Crippen LogP contribution in [0.15, 0.2) is 72.8 Å². The van der Waals surface area contributed by atoms with E-state index in [-0.39, 0.29) is 12.5 Å². The average Bonchev–Trinajstić information content (AvgIpc) is 3.52. The Hall–Kier alpha value is -3.60. The van der Waals surface area contributed by atoms with Crippen molar-refractivity contribution >= 4 is 23.3 Å². The van der Waals surface area contributed by atoms with Gasteiger partial charge >= 0.3 is 5.97 Å². The fourth-order valence-corrected chi connectivity index (χ4v) is 6.79. The summed E-state index contributed by atoms with van der Waals surface area (Å²) in [6.45, 7) is 2.05. The number of benzene rings is 3. The van der Waals surface area contributed by atoms with Crippen LogP contribution in [0.2, 0.25) is 0 Å². The first-order chi connectivity index (χ1) is 17.1. The van der Waals surface area contributed by atoms with Crippen molar-refractivity contribution in [1.82, 2.24) is 0 Å². The van der Waals surface area contributed by atoms with Crippen LogP contribution in [-0.4, -0.2) is 18.5 Å². The lowest BCUT2D eigenvalue weighted by molar-refractivity contribution is 0.0527. The van der Waals surface area contributed by atoms with Crippen LogP contribution >= 0.6 is 0 Å². The first-order valence-corrected chi connectivity index (χ1v) is 12.7. The number of fused-ring (bicyclic) bond motifs is 7. The number of esters is 1. The molecule has 0 aromatic heterocycles. The first-order valence-electron chi connectivity index (χ1n) is 12.7. The van der Waals surface area contributed by atoms with E-state index in [1.165, 1.54) is 30.4 Å². The molecule has 2 N–H and O–H groups in total. The van der Waals surface area contributed by atoms with Crippen molar-refractivity contribution in [2.75, 3.05) is 17.2 Å². The van der Waals surface area contributed by atoms with Gasteiger partial charge in [0, 0.05) is 11.3 Å². The van der Waals surface area contributed by atoms with Gasteiger partial charge < -0.3 is 15.4 Å².